The number of aromatic carboxylic acids is 1. The summed E-state index contributed by atoms with van der Waals surface area (Å²) in [7, 11) is 0. The van der Waals surface area contributed by atoms with Gasteiger partial charge in [-0.2, -0.15) is 0 Å². The summed E-state index contributed by atoms with van der Waals surface area (Å²) in [5.74, 6) is -2.04. The maximum atomic E-state index is 14.3. The lowest BCUT2D eigenvalue weighted by atomic mass is 10.1. The molecule has 0 aromatic heterocycles. The number of benzene rings is 2. The van der Waals surface area contributed by atoms with Gasteiger partial charge in [0.2, 0.25) is 0 Å². The van der Waals surface area contributed by atoms with E-state index in [9.17, 15) is 13.6 Å². The Hall–Kier alpha value is -2.67. The summed E-state index contributed by atoms with van der Waals surface area (Å²) in [6.07, 6.45) is 0. The summed E-state index contributed by atoms with van der Waals surface area (Å²) in [6.45, 7) is 2.30. The zero-order valence-electron chi connectivity index (χ0n) is 13.5. The molecule has 2 aromatic carbocycles. The molecule has 2 N–H and O–H groups in total. The van der Waals surface area contributed by atoms with Gasteiger partial charge in [-0.15, -0.1) is 0 Å². The van der Waals surface area contributed by atoms with E-state index in [0.717, 1.165) is 11.6 Å². The van der Waals surface area contributed by atoms with Crippen molar-refractivity contribution in [3.63, 3.8) is 0 Å². The van der Waals surface area contributed by atoms with E-state index in [0.29, 0.717) is 26.3 Å². The zero-order valence-corrected chi connectivity index (χ0v) is 13.5. The van der Waals surface area contributed by atoms with Gasteiger partial charge in [-0.1, -0.05) is 12.1 Å². The number of carboxylic acid groups (broad SMARTS) is 1. The van der Waals surface area contributed by atoms with Crippen LogP contribution in [0.4, 0.5) is 20.2 Å². The molecule has 0 aliphatic carbocycles. The Bertz CT molecular complexity index is 760. The summed E-state index contributed by atoms with van der Waals surface area (Å²) in [5, 5.41) is 11.7. The number of nitrogens with zero attached hydrogens (tertiary/aromatic N) is 1. The van der Waals surface area contributed by atoms with Crippen molar-refractivity contribution in [3.8, 4) is 0 Å². The average molecular weight is 348 g/mol. The average Bonchev–Trinajstić information content (AvgIpc) is 2.63. The lowest BCUT2D eigenvalue weighted by molar-refractivity contribution is 0.0697. The van der Waals surface area contributed by atoms with Crippen molar-refractivity contribution in [2.45, 2.75) is 6.54 Å². The molecule has 7 heteroatoms. The van der Waals surface area contributed by atoms with Crippen molar-refractivity contribution in [3.05, 3.63) is 59.2 Å². The maximum Gasteiger partial charge on any atom is 0.335 e. The molecule has 0 atom stereocenters. The molecule has 0 bridgehead atoms. The highest BCUT2D eigenvalue weighted by molar-refractivity contribution is 5.87. The second-order valence-corrected chi connectivity index (χ2v) is 5.74. The fourth-order valence-electron chi connectivity index (χ4n) is 2.68. The van der Waals surface area contributed by atoms with E-state index in [1.807, 2.05) is 0 Å². The number of carbonyl (C=O) groups is 1. The normalized spacial score (nSPS) is 14.4. The van der Waals surface area contributed by atoms with Crippen LogP contribution in [0.15, 0.2) is 36.4 Å². The van der Waals surface area contributed by atoms with Crippen molar-refractivity contribution in [2.75, 3.05) is 36.5 Å². The van der Waals surface area contributed by atoms with Gasteiger partial charge in [0.05, 0.1) is 30.2 Å². The fourth-order valence-corrected chi connectivity index (χ4v) is 2.68. The highest BCUT2D eigenvalue weighted by atomic mass is 19.1. The molecule has 1 fully saturated rings. The molecule has 0 radical (unpaired) electrons. The molecule has 1 heterocycles. The Labute approximate surface area is 143 Å². The van der Waals surface area contributed by atoms with E-state index in [4.69, 9.17) is 9.84 Å². The first-order valence-corrected chi connectivity index (χ1v) is 7.92. The van der Waals surface area contributed by atoms with E-state index >= 15 is 0 Å². The van der Waals surface area contributed by atoms with Crippen LogP contribution in [-0.4, -0.2) is 37.4 Å². The molecule has 0 saturated carbocycles. The summed E-state index contributed by atoms with van der Waals surface area (Å²) in [6, 6.07) is 8.54. The second-order valence-electron chi connectivity index (χ2n) is 5.74. The minimum absolute atomic E-state index is 0.0665. The van der Waals surface area contributed by atoms with Gasteiger partial charge in [0.1, 0.15) is 11.6 Å². The van der Waals surface area contributed by atoms with E-state index in [1.165, 1.54) is 18.2 Å². The van der Waals surface area contributed by atoms with Gasteiger partial charge < -0.3 is 20.1 Å². The van der Waals surface area contributed by atoms with E-state index in [-0.39, 0.29) is 23.5 Å². The predicted octanol–water partition coefficient (Wildman–Crippen LogP) is 3.11. The van der Waals surface area contributed by atoms with Gasteiger partial charge in [0.15, 0.2) is 0 Å². The topological polar surface area (TPSA) is 61.8 Å². The van der Waals surface area contributed by atoms with Crippen molar-refractivity contribution >= 4 is 17.3 Å². The summed E-state index contributed by atoms with van der Waals surface area (Å²) in [5.41, 5.74) is 1.24. The Morgan fingerprint density at radius 3 is 2.44 bits per heavy atom. The smallest absolute Gasteiger partial charge is 0.335 e. The third-order valence-corrected chi connectivity index (χ3v) is 4.07. The molecule has 0 amide bonds. The van der Waals surface area contributed by atoms with Gasteiger partial charge >= 0.3 is 5.97 Å². The Morgan fingerprint density at radius 1 is 1.12 bits per heavy atom. The zero-order chi connectivity index (χ0) is 17.8. The van der Waals surface area contributed by atoms with Crippen LogP contribution in [0, 0.1) is 11.6 Å². The summed E-state index contributed by atoms with van der Waals surface area (Å²) in [4.78, 5) is 12.6. The van der Waals surface area contributed by atoms with Crippen molar-refractivity contribution < 1.29 is 23.4 Å². The number of morpholine rings is 1. The predicted molar refractivity (Wildman–Crippen MR) is 90.1 cm³/mol. The first-order chi connectivity index (χ1) is 12.0. The van der Waals surface area contributed by atoms with Crippen molar-refractivity contribution in [1.29, 1.82) is 0 Å². The van der Waals surface area contributed by atoms with Crippen LogP contribution >= 0.6 is 0 Å². The molecule has 1 aliphatic rings. The molecular formula is C18H18F2N2O3. The molecule has 0 unspecified atom stereocenters. The number of hydrogen-bond acceptors (Lipinski definition) is 4. The van der Waals surface area contributed by atoms with Gasteiger partial charge in [0.25, 0.3) is 0 Å². The first kappa shape index (κ1) is 17.2. The molecular weight excluding hydrogens is 330 g/mol. The molecule has 2 aromatic rings. The molecule has 25 heavy (non-hydrogen) atoms. The lowest BCUT2D eigenvalue weighted by Gasteiger charge is -2.29. The molecule has 1 saturated heterocycles. The number of ether oxygens (including phenoxy) is 1. The van der Waals surface area contributed by atoms with Crippen LogP contribution in [0.25, 0.3) is 0 Å². The molecule has 5 nitrogen and oxygen atoms in total. The second kappa shape index (κ2) is 7.48. The summed E-state index contributed by atoms with van der Waals surface area (Å²) >= 11 is 0. The largest absolute Gasteiger partial charge is 0.478 e. The van der Waals surface area contributed by atoms with E-state index in [2.05, 4.69) is 5.32 Å². The molecule has 0 spiro atoms. The number of halogens is 2. The minimum Gasteiger partial charge on any atom is -0.478 e. The molecule has 132 valence electrons. The Morgan fingerprint density at radius 2 is 1.80 bits per heavy atom. The quantitative estimate of drug-likeness (QED) is 0.869. The van der Waals surface area contributed by atoms with Crippen molar-refractivity contribution in [2.24, 2.45) is 0 Å². The fraction of sp³-hybridized carbons (Fsp3) is 0.278. The van der Waals surface area contributed by atoms with Gasteiger partial charge in [-0.25, -0.2) is 13.6 Å². The number of anilines is 2. The van der Waals surface area contributed by atoms with E-state index in [1.54, 1.807) is 17.0 Å². The third-order valence-electron chi connectivity index (χ3n) is 4.07. The van der Waals surface area contributed by atoms with Crippen LogP contribution in [0.1, 0.15) is 15.9 Å². The van der Waals surface area contributed by atoms with Crippen LogP contribution in [-0.2, 0) is 11.3 Å². The number of nitrogens with one attached hydrogen (secondary N) is 1. The van der Waals surface area contributed by atoms with E-state index < -0.39 is 17.6 Å². The Kier molecular flexibility index (Phi) is 5.14. The highest BCUT2D eigenvalue weighted by Crippen LogP contribution is 2.27. The third kappa shape index (κ3) is 4.06. The lowest BCUT2D eigenvalue weighted by Crippen LogP contribution is -2.36. The van der Waals surface area contributed by atoms with Gasteiger partial charge in [0, 0.05) is 31.8 Å². The van der Waals surface area contributed by atoms with Gasteiger partial charge in [-0.3, -0.25) is 0 Å². The SMILES string of the molecule is O=C(O)c1ccc(CNc2cc(F)c(N3CCOCC3)cc2F)cc1. The number of rotatable bonds is 5. The van der Waals surface area contributed by atoms with Crippen LogP contribution < -0.4 is 10.2 Å². The number of hydrogen-bond donors (Lipinski definition) is 2. The highest BCUT2D eigenvalue weighted by Gasteiger charge is 2.18. The minimum atomic E-state index is -1.01. The standard InChI is InChI=1S/C18H18F2N2O3/c19-14-10-17(22-5-7-25-8-6-22)15(20)9-16(14)21-11-12-1-3-13(4-2-12)18(23)24/h1-4,9-10,21H,5-8,11H2,(H,23,24). The van der Waals surface area contributed by atoms with Crippen LogP contribution in [0.5, 0.6) is 0 Å². The maximum absolute atomic E-state index is 14.3. The number of carboxylic acids is 1. The van der Waals surface area contributed by atoms with Gasteiger partial charge in [-0.05, 0) is 17.7 Å². The molecule has 3 rings (SSSR count). The molecule has 1 aliphatic heterocycles. The monoisotopic (exact) mass is 348 g/mol. The first-order valence-electron chi connectivity index (χ1n) is 7.92. The summed E-state index contributed by atoms with van der Waals surface area (Å²) < 4.78 is 33.8. The Balaban J connectivity index is 1.70. The van der Waals surface area contributed by atoms with Crippen molar-refractivity contribution in [1.82, 2.24) is 0 Å². The van der Waals surface area contributed by atoms with Crippen LogP contribution in [0.3, 0.4) is 0 Å². The van der Waals surface area contributed by atoms with Crippen LogP contribution in [0.2, 0.25) is 0 Å².